The standard InChI is InChI=1S/C19H29NO/c1-14(15-7-4-3-5-8-15)20-18-11-17(12-18)16-9-6-10-19(13-16)21-2/h6,9-10,13-15,17-18,20H,3-5,7-8,11-12H2,1-2H3. The van der Waals surface area contributed by atoms with Crippen LogP contribution in [-0.4, -0.2) is 19.2 Å². The van der Waals surface area contributed by atoms with Crippen LogP contribution in [0, 0.1) is 5.92 Å². The molecule has 2 saturated carbocycles. The van der Waals surface area contributed by atoms with Crippen LogP contribution in [-0.2, 0) is 0 Å². The molecule has 2 nitrogen and oxygen atoms in total. The van der Waals surface area contributed by atoms with Crippen molar-refractivity contribution in [3.05, 3.63) is 29.8 Å². The summed E-state index contributed by atoms with van der Waals surface area (Å²) >= 11 is 0. The van der Waals surface area contributed by atoms with Crippen molar-refractivity contribution < 1.29 is 4.74 Å². The largest absolute Gasteiger partial charge is 0.497 e. The Kier molecular flexibility index (Phi) is 4.84. The first-order chi connectivity index (χ1) is 10.3. The predicted molar refractivity (Wildman–Crippen MR) is 87.9 cm³/mol. The van der Waals surface area contributed by atoms with Crippen molar-refractivity contribution in [2.45, 2.75) is 69.9 Å². The molecule has 2 fully saturated rings. The molecule has 2 aliphatic rings. The van der Waals surface area contributed by atoms with Crippen LogP contribution in [0.25, 0.3) is 0 Å². The van der Waals surface area contributed by atoms with Crippen molar-refractivity contribution in [3.8, 4) is 5.75 Å². The summed E-state index contributed by atoms with van der Waals surface area (Å²) in [5.74, 6) is 2.62. The Bertz CT molecular complexity index is 447. The van der Waals surface area contributed by atoms with E-state index in [1.54, 1.807) is 7.11 Å². The Labute approximate surface area is 129 Å². The fraction of sp³-hybridized carbons (Fsp3) is 0.684. The Morgan fingerprint density at radius 3 is 2.62 bits per heavy atom. The summed E-state index contributed by atoms with van der Waals surface area (Å²) in [5, 5.41) is 3.88. The Hall–Kier alpha value is -1.02. The molecule has 0 radical (unpaired) electrons. The van der Waals surface area contributed by atoms with Gasteiger partial charge in [-0.1, -0.05) is 31.4 Å². The Balaban J connectivity index is 1.46. The lowest BCUT2D eigenvalue weighted by Gasteiger charge is -2.40. The van der Waals surface area contributed by atoms with Gasteiger partial charge in [-0.05, 0) is 62.1 Å². The maximum atomic E-state index is 5.33. The highest BCUT2D eigenvalue weighted by Crippen LogP contribution is 2.39. The van der Waals surface area contributed by atoms with Crippen LogP contribution in [0.2, 0.25) is 0 Å². The quantitative estimate of drug-likeness (QED) is 0.861. The molecular weight excluding hydrogens is 258 g/mol. The predicted octanol–water partition coefficient (Wildman–Crippen LogP) is 4.50. The lowest BCUT2D eigenvalue weighted by atomic mass is 9.74. The summed E-state index contributed by atoms with van der Waals surface area (Å²) in [6.45, 7) is 2.40. The maximum absolute atomic E-state index is 5.33. The van der Waals surface area contributed by atoms with E-state index >= 15 is 0 Å². The van der Waals surface area contributed by atoms with Crippen LogP contribution in [0.1, 0.15) is 63.4 Å². The van der Waals surface area contributed by atoms with Crippen molar-refractivity contribution in [1.29, 1.82) is 0 Å². The van der Waals surface area contributed by atoms with Crippen LogP contribution in [0.3, 0.4) is 0 Å². The molecule has 1 atom stereocenters. The van der Waals surface area contributed by atoms with Crippen molar-refractivity contribution >= 4 is 0 Å². The van der Waals surface area contributed by atoms with Crippen molar-refractivity contribution in [2.75, 3.05) is 7.11 Å². The molecular formula is C19H29NO. The highest BCUT2D eigenvalue weighted by Gasteiger charge is 2.32. The molecule has 0 bridgehead atoms. The Morgan fingerprint density at radius 1 is 1.14 bits per heavy atom. The zero-order valence-electron chi connectivity index (χ0n) is 13.5. The summed E-state index contributed by atoms with van der Waals surface area (Å²) in [6, 6.07) is 10.0. The number of benzene rings is 1. The highest BCUT2D eigenvalue weighted by molar-refractivity contribution is 5.32. The molecule has 0 aromatic heterocycles. The minimum absolute atomic E-state index is 0.696. The first kappa shape index (κ1) is 14.9. The molecule has 0 heterocycles. The third kappa shape index (κ3) is 3.60. The highest BCUT2D eigenvalue weighted by atomic mass is 16.5. The molecule has 21 heavy (non-hydrogen) atoms. The number of rotatable bonds is 5. The smallest absolute Gasteiger partial charge is 0.119 e. The number of hydrogen-bond acceptors (Lipinski definition) is 2. The third-order valence-electron chi connectivity index (χ3n) is 5.56. The monoisotopic (exact) mass is 287 g/mol. The SMILES string of the molecule is COc1cccc(C2CC(NC(C)C3CCCCC3)C2)c1. The number of ether oxygens (including phenoxy) is 1. The van der Waals surface area contributed by atoms with Crippen molar-refractivity contribution in [2.24, 2.45) is 5.92 Å². The number of hydrogen-bond donors (Lipinski definition) is 1. The molecule has 1 aromatic rings. The molecule has 2 heteroatoms. The average molecular weight is 287 g/mol. The molecule has 0 spiro atoms. The van der Waals surface area contributed by atoms with Gasteiger partial charge in [0.15, 0.2) is 0 Å². The van der Waals surface area contributed by atoms with Gasteiger partial charge in [-0.3, -0.25) is 0 Å². The lowest BCUT2D eigenvalue weighted by molar-refractivity contribution is 0.210. The van der Waals surface area contributed by atoms with E-state index in [9.17, 15) is 0 Å². The van der Waals surface area contributed by atoms with E-state index in [1.807, 2.05) is 6.07 Å². The average Bonchev–Trinajstić information content (AvgIpc) is 2.51. The van der Waals surface area contributed by atoms with Gasteiger partial charge in [0, 0.05) is 12.1 Å². The fourth-order valence-corrected chi connectivity index (χ4v) is 4.06. The van der Waals surface area contributed by atoms with Gasteiger partial charge in [-0.15, -0.1) is 0 Å². The summed E-state index contributed by atoms with van der Waals surface area (Å²) in [6.07, 6.45) is 9.75. The minimum Gasteiger partial charge on any atom is -0.497 e. The topological polar surface area (TPSA) is 21.3 Å². The van der Waals surface area contributed by atoms with E-state index in [2.05, 4.69) is 30.4 Å². The number of methoxy groups -OCH3 is 1. The molecule has 1 N–H and O–H groups in total. The lowest BCUT2D eigenvalue weighted by Crippen LogP contribution is -2.47. The van der Waals surface area contributed by atoms with Gasteiger partial charge >= 0.3 is 0 Å². The van der Waals surface area contributed by atoms with Crippen LogP contribution >= 0.6 is 0 Å². The first-order valence-corrected chi connectivity index (χ1v) is 8.66. The van der Waals surface area contributed by atoms with Crippen LogP contribution in [0.15, 0.2) is 24.3 Å². The van der Waals surface area contributed by atoms with Crippen molar-refractivity contribution in [3.63, 3.8) is 0 Å². The molecule has 2 aliphatic carbocycles. The van der Waals surface area contributed by atoms with Gasteiger partial charge in [0.1, 0.15) is 5.75 Å². The van der Waals surface area contributed by atoms with Gasteiger partial charge in [0.25, 0.3) is 0 Å². The van der Waals surface area contributed by atoms with E-state index in [0.29, 0.717) is 6.04 Å². The molecule has 0 saturated heterocycles. The maximum Gasteiger partial charge on any atom is 0.119 e. The molecule has 1 unspecified atom stereocenters. The van der Waals surface area contributed by atoms with Gasteiger partial charge in [-0.25, -0.2) is 0 Å². The van der Waals surface area contributed by atoms with Gasteiger partial charge in [0.2, 0.25) is 0 Å². The van der Waals surface area contributed by atoms with Crippen LogP contribution in [0.4, 0.5) is 0 Å². The van der Waals surface area contributed by atoms with E-state index in [-0.39, 0.29) is 0 Å². The summed E-state index contributed by atoms with van der Waals surface area (Å²) in [4.78, 5) is 0. The second-order valence-electron chi connectivity index (χ2n) is 7.00. The number of nitrogens with one attached hydrogen (secondary N) is 1. The van der Waals surface area contributed by atoms with Gasteiger partial charge in [-0.2, -0.15) is 0 Å². The summed E-state index contributed by atoms with van der Waals surface area (Å²) in [5.41, 5.74) is 1.44. The van der Waals surface area contributed by atoms with Crippen molar-refractivity contribution in [1.82, 2.24) is 5.32 Å². The molecule has 3 rings (SSSR count). The molecule has 0 amide bonds. The van der Waals surface area contributed by atoms with E-state index in [4.69, 9.17) is 4.74 Å². The van der Waals surface area contributed by atoms with E-state index in [1.165, 1.54) is 50.5 Å². The minimum atomic E-state index is 0.696. The molecule has 116 valence electrons. The fourth-order valence-electron chi connectivity index (χ4n) is 4.06. The zero-order chi connectivity index (χ0) is 14.7. The second kappa shape index (κ2) is 6.83. The van der Waals surface area contributed by atoms with E-state index in [0.717, 1.165) is 23.6 Å². The van der Waals surface area contributed by atoms with Crippen LogP contribution < -0.4 is 10.1 Å². The Morgan fingerprint density at radius 2 is 1.90 bits per heavy atom. The molecule has 0 aliphatic heterocycles. The van der Waals surface area contributed by atoms with Gasteiger partial charge in [0.05, 0.1) is 7.11 Å². The van der Waals surface area contributed by atoms with Crippen LogP contribution in [0.5, 0.6) is 5.75 Å². The zero-order valence-corrected chi connectivity index (χ0v) is 13.5. The normalized spacial score (nSPS) is 27.9. The summed E-state index contributed by atoms with van der Waals surface area (Å²) < 4.78 is 5.33. The second-order valence-corrected chi connectivity index (χ2v) is 7.00. The van der Waals surface area contributed by atoms with E-state index < -0.39 is 0 Å². The molecule has 1 aromatic carbocycles. The third-order valence-corrected chi connectivity index (χ3v) is 5.56. The van der Waals surface area contributed by atoms with Gasteiger partial charge < -0.3 is 10.1 Å². The summed E-state index contributed by atoms with van der Waals surface area (Å²) in [7, 11) is 1.75. The first-order valence-electron chi connectivity index (χ1n) is 8.66.